The molecule has 0 aliphatic carbocycles. The van der Waals surface area contributed by atoms with Crippen molar-refractivity contribution in [1.82, 2.24) is 0 Å². The minimum absolute atomic E-state index is 0.819. The van der Waals surface area contributed by atoms with Gasteiger partial charge in [-0.05, 0) is 31.1 Å². The second-order valence-corrected chi connectivity index (χ2v) is 3.75. The van der Waals surface area contributed by atoms with Crippen LogP contribution in [0.15, 0.2) is 12.2 Å². The van der Waals surface area contributed by atoms with Crippen molar-refractivity contribution in [2.45, 2.75) is 53.4 Å². The molecule has 0 aromatic rings. The van der Waals surface area contributed by atoms with Crippen molar-refractivity contribution in [3.05, 3.63) is 12.2 Å². The molecule has 0 N–H and O–H groups in total. The maximum Gasteiger partial charge on any atom is -0.0234 e. The van der Waals surface area contributed by atoms with E-state index < -0.39 is 0 Å². The zero-order valence-electron chi connectivity index (χ0n) is 9.14. The van der Waals surface area contributed by atoms with Crippen molar-refractivity contribution in [3.8, 4) is 0 Å². The Morgan fingerprint density at radius 2 is 1.75 bits per heavy atom. The van der Waals surface area contributed by atoms with E-state index in [-0.39, 0.29) is 0 Å². The van der Waals surface area contributed by atoms with Crippen LogP contribution in [0.1, 0.15) is 53.4 Å². The first-order valence-corrected chi connectivity index (χ1v) is 5.41. The smallest absolute Gasteiger partial charge is 0.0234 e. The minimum Gasteiger partial charge on any atom is -0.0885 e. The van der Waals surface area contributed by atoms with Gasteiger partial charge in [-0.15, -0.1) is 0 Å². The summed E-state index contributed by atoms with van der Waals surface area (Å²) in [7, 11) is 0. The minimum atomic E-state index is 0.819. The number of allylic oxidation sites excluding steroid dienone is 2. The molecule has 0 fully saturated rings. The third-order valence-corrected chi connectivity index (χ3v) is 2.57. The third kappa shape index (κ3) is 5.40. The van der Waals surface area contributed by atoms with Gasteiger partial charge in [0.1, 0.15) is 0 Å². The zero-order valence-corrected chi connectivity index (χ0v) is 9.14. The molecule has 0 aliphatic rings. The Hall–Kier alpha value is -0.260. The molecule has 0 heterocycles. The normalized spacial score (nSPS) is 16.7. The summed E-state index contributed by atoms with van der Waals surface area (Å²) in [6.45, 7) is 9.11. The summed E-state index contributed by atoms with van der Waals surface area (Å²) in [5.41, 5.74) is 0. The van der Waals surface area contributed by atoms with Gasteiger partial charge in [0.05, 0.1) is 0 Å². The van der Waals surface area contributed by atoms with Crippen molar-refractivity contribution >= 4 is 0 Å². The molecule has 0 heteroatoms. The van der Waals surface area contributed by atoms with Crippen LogP contribution in [0, 0.1) is 11.8 Å². The highest BCUT2D eigenvalue weighted by molar-refractivity contribution is 4.87. The van der Waals surface area contributed by atoms with Gasteiger partial charge in [-0.1, -0.05) is 46.3 Å². The highest BCUT2D eigenvalue weighted by Crippen LogP contribution is 2.19. The van der Waals surface area contributed by atoms with Crippen LogP contribution < -0.4 is 0 Å². The van der Waals surface area contributed by atoms with Gasteiger partial charge in [-0.2, -0.15) is 0 Å². The Bertz CT molecular complexity index is 113. The first kappa shape index (κ1) is 11.7. The molecule has 0 aromatic carbocycles. The van der Waals surface area contributed by atoms with Gasteiger partial charge in [0, 0.05) is 0 Å². The van der Waals surface area contributed by atoms with Gasteiger partial charge in [-0.25, -0.2) is 0 Å². The van der Waals surface area contributed by atoms with Crippen molar-refractivity contribution in [3.63, 3.8) is 0 Å². The van der Waals surface area contributed by atoms with Crippen LogP contribution in [-0.2, 0) is 0 Å². The van der Waals surface area contributed by atoms with Crippen molar-refractivity contribution < 1.29 is 0 Å². The molecule has 72 valence electrons. The molecule has 12 heavy (non-hydrogen) atoms. The van der Waals surface area contributed by atoms with Crippen LogP contribution in [0.3, 0.4) is 0 Å². The SMILES string of the molecule is CCC=CC(CC)CC(C)CC. The van der Waals surface area contributed by atoms with Crippen LogP contribution >= 0.6 is 0 Å². The summed E-state index contributed by atoms with van der Waals surface area (Å²) in [5.74, 6) is 1.70. The van der Waals surface area contributed by atoms with E-state index in [1.165, 1.54) is 25.7 Å². The highest BCUT2D eigenvalue weighted by Gasteiger charge is 2.06. The van der Waals surface area contributed by atoms with Gasteiger partial charge >= 0.3 is 0 Å². The molecule has 0 rings (SSSR count). The maximum atomic E-state index is 2.40. The highest BCUT2D eigenvalue weighted by atomic mass is 14.1. The Morgan fingerprint density at radius 3 is 2.17 bits per heavy atom. The van der Waals surface area contributed by atoms with Crippen LogP contribution in [0.4, 0.5) is 0 Å². The van der Waals surface area contributed by atoms with E-state index in [2.05, 4.69) is 39.8 Å². The van der Waals surface area contributed by atoms with Gasteiger partial charge < -0.3 is 0 Å². The summed E-state index contributed by atoms with van der Waals surface area (Å²) >= 11 is 0. The summed E-state index contributed by atoms with van der Waals surface area (Å²) in [4.78, 5) is 0. The van der Waals surface area contributed by atoms with E-state index in [1.807, 2.05) is 0 Å². The lowest BCUT2D eigenvalue weighted by molar-refractivity contribution is 0.426. The summed E-state index contributed by atoms with van der Waals surface area (Å²) < 4.78 is 0. The quantitative estimate of drug-likeness (QED) is 0.515. The summed E-state index contributed by atoms with van der Waals surface area (Å²) in [6.07, 6.45) is 9.85. The van der Waals surface area contributed by atoms with E-state index >= 15 is 0 Å². The number of hydrogen-bond acceptors (Lipinski definition) is 0. The molecule has 2 unspecified atom stereocenters. The molecule has 0 spiro atoms. The second-order valence-electron chi connectivity index (χ2n) is 3.75. The largest absolute Gasteiger partial charge is 0.0885 e. The lowest BCUT2D eigenvalue weighted by Gasteiger charge is -2.14. The third-order valence-electron chi connectivity index (χ3n) is 2.57. The Balaban J connectivity index is 3.74. The lowest BCUT2D eigenvalue weighted by atomic mass is 9.92. The van der Waals surface area contributed by atoms with E-state index in [4.69, 9.17) is 0 Å². The number of rotatable bonds is 6. The van der Waals surface area contributed by atoms with E-state index in [1.54, 1.807) is 0 Å². The maximum absolute atomic E-state index is 2.40. The Labute approximate surface area is 78.1 Å². The molecule has 0 saturated carbocycles. The molecule has 0 amide bonds. The predicted octanol–water partition coefficient (Wildman–Crippen LogP) is 4.42. The van der Waals surface area contributed by atoms with Crippen LogP contribution in [0.5, 0.6) is 0 Å². The van der Waals surface area contributed by atoms with Crippen LogP contribution in [0.2, 0.25) is 0 Å². The van der Waals surface area contributed by atoms with Crippen molar-refractivity contribution in [2.24, 2.45) is 11.8 Å². The van der Waals surface area contributed by atoms with Gasteiger partial charge in [0.25, 0.3) is 0 Å². The first-order chi connectivity index (χ1) is 5.74. The molecule has 0 nitrogen and oxygen atoms in total. The molecular weight excluding hydrogens is 144 g/mol. The standard InChI is InChI=1S/C12H24/c1-5-8-9-12(7-3)10-11(4)6-2/h8-9,11-12H,5-7,10H2,1-4H3. The molecule has 0 bridgehead atoms. The van der Waals surface area contributed by atoms with Gasteiger partial charge in [0.15, 0.2) is 0 Å². The molecule has 0 radical (unpaired) electrons. The zero-order chi connectivity index (χ0) is 9.40. The fourth-order valence-electron chi connectivity index (χ4n) is 1.39. The Morgan fingerprint density at radius 1 is 1.08 bits per heavy atom. The average Bonchev–Trinajstić information content (AvgIpc) is 2.11. The fraction of sp³-hybridized carbons (Fsp3) is 0.833. The van der Waals surface area contributed by atoms with E-state index in [0.717, 1.165) is 11.8 Å². The average molecular weight is 168 g/mol. The van der Waals surface area contributed by atoms with E-state index in [0.29, 0.717) is 0 Å². The molecule has 0 saturated heterocycles. The fourth-order valence-corrected chi connectivity index (χ4v) is 1.39. The molecule has 0 aliphatic heterocycles. The lowest BCUT2D eigenvalue weighted by Crippen LogP contribution is -2.02. The predicted molar refractivity (Wildman–Crippen MR) is 57.3 cm³/mol. The monoisotopic (exact) mass is 168 g/mol. The van der Waals surface area contributed by atoms with E-state index in [9.17, 15) is 0 Å². The Kier molecular flexibility index (Phi) is 7.23. The van der Waals surface area contributed by atoms with Crippen LogP contribution in [0.25, 0.3) is 0 Å². The topological polar surface area (TPSA) is 0 Å². The molecule has 0 aromatic heterocycles. The van der Waals surface area contributed by atoms with Crippen LogP contribution in [-0.4, -0.2) is 0 Å². The van der Waals surface area contributed by atoms with Gasteiger partial charge in [0.2, 0.25) is 0 Å². The molecular formula is C12H24. The number of hydrogen-bond donors (Lipinski definition) is 0. The summed E-state index contributed by atoms with van der Waals surface area (Å²) in [6, 6.07) is 0. The first-order valence-electron chi connectivity index (χ1n) is 5.41. The van der Waals surface area contributed by atoms with Crippen molar-refractivity contribution in [2.75, 3.05) is 0 Å². The van der Waals surface area contributed by atoms with Crippen molar-refractivity contribution in [1.29, 1.82) is 0 Å². The summed E-state index contributed by atoms with van der Waals surface area (Å²) in [5, 5.41) is 0. The van der Waals surface area contributed by atoms with Gasteiger partial charge in [-0.3, -0.25) is 0 Å². The second kappa shape index (κ2) is 7.39. The molecule has 2 atom stereocenters.